The van der Waals surface area contributed by atoms with Crippen molar-refractivity contribution in [3.8, 4) is 17.1 Å². The van der Waals surface area contributed by atoms with Crippen LogP contribution in [-0.4, -0.2) is 35.8 Å². The first kappa shape index (κ1) is 22.4. The van der Waals surface area contributed by atoms with Gasteiger partial charge >= 0.3 is 0 Å². The molecule has 0 bridgehead atoms. The van der Waals surface area contributed by atoms with Gasteiger partial charge in [0.2, 0.25) is 5.91 Å². The van der Waals surface area contributed by atoms with Crippen LogP contribution < -0.4 is 10.9 Å². The van der Waals surface area contributed by atoms with Gasteiger partial charge in [0, 0.05) is 13.6 Å². The molecule has 1 N–H and O–H groups in total. The van der Waals surface area contributed by atoms with Crippen LogP contribution in [0.2, 0.25) is 0 Å². The molecular weight excluding hydrogens is 440 g/mol. The first-order valence-corrected chi connectivity index (χ1v) is 11.3. The molecule has 0 radical (unpaired) electrons. The maximum Gasteiger partial charge on any atom is 0.295 e. The van der Waals surface area contributed by atoms with Crippen molar-refractivity contribution in [1.82, 2.24) is 24.1 Å². The summed E-state index contributed by atoms with van der Waals surface area (Å²) in [6, 6.07) is 11.1. The Bertz CT molecular complexity index is 1360. The molecule has 170 valence electrons. The largest absolute Gasteiger partial charge is 0.469 e. The van der Waals surface area contributed by atoms with Crippen LogP contribution in [0.25, 0.3) is 17.1 Å². The predicted molar refractivity (Wildman–Crippen MR) is 128 cm³/mol. The number of allylic oxidation sites excluding steroid dienone is 1. The average molecular weight is 465 g/mol. The van der Waals surface area contributed by atoms with E-state index in [0.717, 1.165) is 17.0 Å². The molecule has 4 aromatic rings. The smallest absolute Gasteiger partial charge is 0.295 e. The van der Waals surface area contributed by atoms with E-state index in [1.165, 1.54) is 16.4 Å². The van der Waals surface area contributed by atoms with Gasteiger partial charge in [-0.15, -0.1) is 16.8 Å². The number of hydrogen-bond acceptors (Lipinski definition) is 6. The minimum Gasteiger partial charge on any atom is -0.469 e. The molecule has 1 aromatic carbocycles. The highest BCUT2D eigenvalue weighted by atomic mass is 32.2. The van der Waals surface area contributed by atoms with E-state index in [-0.39, 0.29) is 22.9 Å². The summed E-state index contributed by atoms with van der Waals surface area (Å²) in [5.74, 6) is 1.14. The van der Waals surface area contributed by atoms with E-state index in [9.17, 15) is 9.59 Å². The lowest BCUT2D eigenvalue weighted by molar-refractivity contribution is -0.113. The van der Waals surface area contributed by atoms with Crippen molar-refractivity contribution < 1.29 is 9.21 Å². The normalized spacial score (nSPS) is 11.0. The Hall–Kier alpha value is -3.79. The second-order valence-corrected chi connectivity index (χ2v) is 8.31. The summed E-state index contributed by atoms with van der Waals surface area (Å²) < 4.78 is 10.5. The van der Waals surface area contributed by atoms with Crippen LogP contribution in [0, 0.1) is 13.8 Å². The molecule has 0 aliphatic rings. The van der Waals surface area contributed by atoms with Crippen LogP contribution in [0.15, 0.2) is 69.7 Å². The quantitative estimate of drug-likeness (QED) is 0.316. The molecule has 0 aliphatic heterocycles. The van der Waals surface area contributed by atoms with Gasteiger partial charge in [-0.25, -0.2) is 4.68 Å². The van der Waals surface area contributed by atoms with Gasteiger partial charge in [0.15, 0.2) is 11.0 Å². The van der Waals surface area contributed by atoms with Crippen molar-refractivity contribution >= 4 is 23.4 Å². The molecule has 9 nitrogen and oxygen atoms in total. The standard InChI is InChI=1S/C23H24N6O3S/c1-5-12-28-21(18-11-13-32-16(18)3)25-26-23(28)33-14-19(30)24-20-15(2)27(4)29(22(20)31)17-9-7-6-8-10-17/h5-11,13H,1,12,14H2,2-4H3,(H,24,30). The van der Waals surface area contributed by atoms with Crippen LogP contribution >= 0.6 is 11.8 Å². The highest BCUT2D eigenvalue weighted by Gasteiger charge is 2.20. The number of nitrogens with zero attached hydrogens (tertiary/aromatic N) is 5. The van der Waals surface area contributed by atoms with Gasteiger partial charge in [-0.2, -0.15) is 0 Å². The summed E-state index contributed by atoms with van der Waals surface area (Å²) in [7, 11) is 1.78. The van der Waals surface area contributed by atoms with Crippen LogP contribution in [0.5, 0.6) is 0 Å². The maximum atomic E-state index is 13.0. The fourth-order valence-electron chi connectivity index (χ4n) is 3.52. The van der Waals surface area contributed by atoms with Crippen LogP contribution in [0.3, 0.4) is 0 Å². The van der Waals surface area contributed by atoms with Crippen LogP contribution in [0.1, 0.15) is 11.5 Å². The Kier molecular flexibility index (Phi) is 6.36. The number of anilines is 1. The molecule has 4 rings (SSSR count). The minimum atomic E-state index is -0.305. The summed E-state index contributed by atoms with van der Waals surface area (Å²) in [5, 5.41) is 11.9. The van der Waals surface area contributed by atoms with Crippen molar-refractivity contribution in [1.29, 1.82) is 0 Å². The van der Waals surface area contributed by atoms with Crippen LogP contribution in [0.4, 0.5) is 5.69 Å². The van der Waals surface area contributed by atoms with Gasteiger partial charge in [0.25, 0.3) is 5.56 Å². The molecule has 3 heterocycles. The van der Waals surface area contributed by atoms with Crippen LogP contribution in [-0.2, 0) is 18.4 Å². The molecule has 0 aliphatic carbocycles. The summed E-state index contributed by atoms with van der Waals surface area (Å²) in [6.07, 6.45) is 3.34. The van der Waals surface area contributed by atoms with E-state index in [4.69, 9.17) is 4.42 Å². The first-order valence-electron chi connectivity index (χ1n) is 10.3. The highest BCUT2D eigenvalue weighted by Crippen LogP contribution is 2.27. The van der Waals surface area contributed by atoms with Crippen molar-refractivity contribution in [2.24, 2.45) is 7.05 Å². The van der Waals surface area contributed by atoms with E-state index >= 15 is 0 Å². The third kappa shape index (κ3) is 4.29. The Balaban J connectivity index is 1.52. The molecule has 0 fully saturated rings. The molecule has 3 aromatic heterocycles. The van der Waals surface area contributed by atoms with E-state index in [2.05, 4.69) is 22.1 Å². The van der Waals surface area contributed by atoms with Gasteiger partial charge in [0.1, 0.15) is 11.4 Å². The topological polar surface area (TPSA) is 99.9 Å². The molecule has 0 unspecified atom stereocenters. The molecular formula is C23H24N6O3S. The first-order chi connectivity index (χ1) is 15.9. The monoisotopic (exact) mass is 464 g/mol. The van der Waals surface area contributed by atoms with Crippen molar-refractivity contribution in [2.45, 2.75) is 25.5 Å². The zero-order valence-electron chi connectivity index (χ0n) is 18.6. The number of aromatic nitrogens is 5. The fourth-order valence-corrected chi connectivity index (χ4v) is 4.27. The second-order valence-electron chi connectivity index (χ2n) is 7.37. The Labute approximate surface area is 194 Å². The number of rotatable bonds is 8. The van der Waals surface area contributed by atoms with E-state index in [1.54, 1.807) is 31.0 Å². The van der Waals surface area contributed by atoms with E-state index < -0.39 is 0 Å². The number of furan rings is 1. The summed E-state index contributed by atoms with van der Waals surface area (Å²) >= 11 is 1.24. The van der Waals surface area contributed by atoms with Gasteiger partial charge in [-0.3, -0.25) is 18.8 Å². The number of hydrogen-bond donors (Lipinski definition) is 1. The SMILES string of the molecule is C=CCn1c(SCC(=O)Nc2c(C)n(C)n(-c3ccccc3)c2=O)nnc1-c1ccoc1C. The molecule has 0 spiro atoms. The Morgan fingerprint density at radius 1 is 1.21 bits per heavy atom. The third-order valence-corrected chi connectivity index (χ3v) is 6.25. The predicted octanol–water partition coefficient (Wildman–Crippen LogP) is 3.56. The number of carbonyl (C=O) groups is 1. The third-order valence-electron chi connectivity index (χ3n) is 5.28. The summed E-state index contributed by atoms with van der Waals surface area (Å²) in [5.41, 5.74) is 2.20. The van der Waals surface area contributed by atoms with E-state index in [1.807, 2.05) is 47.9 Å². The lowest BCUT2D eigenvalue weighted by Gasteiger charge is -2.07. The fraction of sp³-hybridized carbons (Fsp3) is 0.217. The van der Waals surface area contributed by atoms with Gasteiger partial charge < -0.3 is 9.73 Å². The number of carbonyl (C=O) groups excluding carboxylic acids is 1. The van der Waals surface area contributed by atoms with Gasteiger partial charge in [0.05, 0.1) is 29.0 Å². The lowest BCUT2D eigenvalue weighted by atomic mass is 10.2. The summed E-state index contributed by atoms with van der Waals surface area (Å²) in [6.45, 7) is 7.93. The number of amides is 1. The average Bonchev–Trinajstić information content (AvgIpc) is 3.46. The van der Waals surface area contributed by atoms with Crippen molar-refractivity contribution in [2.75, 3.05) is 11.1 Å². The zero-order valence-corrected chi connectivity index (χ0v) is 19.4. The second kappa shape index (κ2) is 9.37. The summed E-state index contributed by atoms with van der Waals surface area (Å²) in [4.78, 5) is 25.7. The lowest BCUT2D eigenvalue weighted by Crippen LogP contribution is -2.23. The van der Waals surface area contributed by atoms with E-state index in [0.29, 0.717) is 23.2 Å². The highest BCUT2D eigenvalue weighted by molar-refractivity contribution is 7.99. The van der Waals surface area contributed by atoms with Gasteiger partial charge in [-0.05, 0) is 32.0 Å². The zero-order chi connectivity index (χ0) is 23.5. The van der Waals surface area contributed by atoms with Crippen molar-refractivity contribution in [3.05, 3.63) is 77.1 Å². The Morgan fingerprint density at radius 2 is 1.97 bits per heavy atom. The molecule has 0 atom stereocenters. The number of aryl methyl sites for hydroxylation is 1. The molecule has 0 saturated heterocycles. The molecule has 10 heteroatoms. The number of para-hydroxylation sites is 1. The number of nitrogens with one attached hydrogen (secondary N) is 1. The molecule has 1 amide bonds. The molecule has 33 heavy (non-hydrogen) atoms. The number of benzene rings is 1. The molecule has 0 saturated carbocycles. The number of thioether (sulfide) groups is 1. The van der Waals surface area contributed by atoms with Crippen molar-refractivity contribution in [3.63, 3.8) is 0 Å². The maximum absolute atomic E-state index is 13.0. The minimum absolute atomic E-state index is 0.0682. The van der Waals surface area contributed by atoms with Gasteiger partial charge in [-0.1, -0.05) is 36.0 Å². The Morgan fingerprint density at radius 3 is 2.64 bits per heavy atom.